The monoisotopic (exact) mass is 299 g/mol. The summed E-state index contributed by atoms with van der Waals surface area (Å²) in [6.45, 7) is 0.197. The van der Waals surface area contributed by atoms with Gasteiger partial charge in [0, 0.05) is 0 Å². The lowest BCUT2D eigenvalue weighted by molar-refractivity contribution is 0.129. The molecule has 4 N–H and O–H groups in total. The second kappa shape index (κ2) is 6.04. The molecule has 1 aromatic rings. The Bertz CT molecular complexity index is 556. The van der Waals surface area contributed by atoms with Gasteiger partial charge >= 0.3 is 13.6 Å². The third kappa shape index (κ3) is 4.34. The van der Waals surface area contributed by atoms with Crippen molar-refractivity contribution in [3.63, 3.8) is 0 Å². The van der Waals surface area contributed by atoms with E-state index in [1.54, 1.807) is 0 Å². The molecule has 1 aromatic carbocycles. The number of amidine groups is 1. The molecule has 0 spiro atoms. The first kappa shape index (κ1) is 14.5. The molecule has 1 aliphatic heterocycles. The van der Waals surface area contributed by atoms with E-state index in [1.165, 1.54) is 0 Å². The standard InChI is InChI=1S/C11H14N3O5P/c15-11-12-9(7-20(16,17)18)10(13-11)14-19-6-8-4-2-1-3-5-8/h1-5,9H,6-7H2,(H2,16,17,18)(H2,12,13,14,15). The Hall–Kier alpha value is -1.89. The molecule has 9 heteroatoms. The van der Waals surface area contributed by atoms with Crippen LogP contribution in [0.3, 0.4) is 0 Å². The molecule has 2 rings (SSSR count). The van der Waals surface area contributed by atoms with E-state index in [1.807, 2.05) is 30.3 Å². The maximum absolute atomic E-state index is 11.2. The Morgan fingerprint density at radius 2 is 2.00 bits per heavy atom. The molecule has 1 heterocycles. The SMILES string of the molecule is O=C1N/C(=N/OCc2ccccc2)C(CP(=O)(O)O)N1. The van der Waals surface area contributed by atoms with Gasteiger partial charge in [-0.1, -0.05) is 35.5 Å². The molecule has 20 heavy (non-hydrogen) atoms. The van der Waals surface area contributed by atoms with E-state index in [2.05, 4.69) is 15.8 Å². The fourth-order valence-corrected chi connectivity index (χ4v) is 2.41. The number of carbonyl (C=O) groups excluding carboxylic acids is 1. The van der Waals surface area contributed by atoms with Crippen molar-refractivity contribution in [2.24, 2.45) is 5.16 Å². The van der Waals surface area contributed by atoms with Crippen LogP contribution in [0.15, 0.2) is 35.5 Å². The zero-order valence-corrected chi connectivity index (χ0v) is 11.3. The fourth-order valence-electron chi connectivity index (χ4n) is 1.67. The smallest absolute Gasteiger partial charge is 0.328 e. The highest BCUT2D eigenvalue weighted by Crippen LogP contribution is 2.35. The summed E-state index contributed by atoms with van der Waals surface area (Å²) in [4.78, 5) is 34.1. The Kier molecular flexibility index (Phi) is 4.39. The number of urea groups is 1. The van der Waals surface area contributed by atoms with E-state index in [0.717, 1.165) is 5.56 Å². The second-order valence-corrected chi connectivity index (χ2v) is 5.93. The number of nitrogens with one attached hydrogen (secondary N) is 2. The van der Waals surface area contributed by atoms with Crippen LogP contribution in [0.4, 0.5) is 4.79 Å². The summed E-state index contributed by atoms with van der Waals surface area (Å²) in [5, 5.41) is 8.41. The predicted octanol–water partition coefficient (Wildman–Crippen LogP) is 0.376. The van der Waals surface area contributed by atoms with Crippen LogP contribution < -0.4 is 10.6 Å². The van der Waals surface area contributed by atoms with Crippen molar-refractivity contribution >= 4 is 19.5 Å². The lowest BCUT2D eigenvalue weighted by Crippen LogP contribution is -2.32. The van der Waals surface area contributed by atoms with Crippen LogP contribution in [0.25, 0.3) is 0 Å². The highest BCUT2D eigenvalue weighted by atomic mass is 31.2. The molecule has 0 aliphatic carbocycles. The number of nitrogens with zero attached hydrogens (tertiary/aromatic N) is 1. The molecule has 2 amide bonds. The first-order valence-electron chi connectivity index (χ1n) is 5.80. The molecule has 108 valence electrons. The number of rotatable bonds is 5. The van der Waals surface area contributed by atoms with Gasteiger partial charge in [0.1, 0.15) is 12.6 Å². The van der Waals surface area contributed by atoms with Gasteiger partial charge in [-0.2, -0.15) is 0 Å². The molecule has 0 radical (unpaired) electrons. The predicted molar refractivity (Wildman–Crippen MR) is 71.0 cm³/mol. The quantitative estimate of drug-likeness (QED) is 0.462. The van der Waals surface area contributed by atoms with Gasteiger partial charge in [0.25, 0.3) is 0 Å². The van der Waals surface area contributed by atoms with E-state index >= 15 is 0 Å². The van der Waals surface area contributed by atoms with Gasteiger partial charge in [-0.25, -0.2) is 4.79 Å². The summed E-state index contributed by atoms with van der Waals surface area (Å²) >= 11 is 0. The van der Waals surface area contributed by atoms with Crippen LogP contribution in [0.5, 0.6) is 0 Å². The molecule has 1 unspecified atom stereocenters. The molecule has 1 fully saturated rings. The van der Waals surface area contributed by atoms with Crippen molar-refractivity contribution in [3.8, 4) is 0 Å². The summed E-state index contributed by atoms with van der Waals surface area (Å²) in [5.41, 5.74) is 0.890. The van der Waals surface area contributed by atoms with Crippen molar-refractivity contribution in [1.29, 1.82) is 0 Å². The van der Waals surface area contributed by atoms with Gasteiger partial charge in [0.05, 0.1) is 6.16 Å². The third-order valence-electron chi connectivity index (χ3n) is 2.53. The van der Waals surface area contributed by atoms with Crippen molar-refractivity contribution in [3.05, 3.63) is 35.9 Å². The van der Waals surface area contributed by atoms with Crippen molar-refractivity contribution in [2.45, 2.75) is 12.6 Å². The van der Waals surface area contributed by atoms with E-state index in [4.69, 9.17) is 14.6 Å². The number of amides is 2. The van der Waals surface area contributed by atoms with Crippen molar-refractivity contribution < 1.29 is 24.0 Å². The number of carbonyl (C=O) groups is 1. The molecule has 1 aliphatic rings. The lowest BCUT2D eigenvalue weighted by atomic mass is 10.2. The lowest BCUT2D eigenvalue weighted by Gasteiger charge is -2.10. The number of benzene rings is 1. The first-order valence-corrected chi connectivity index (χ1v) is 7.60. The average molecular weight is 299 g/mol. The third-order valence-corrected chi connectivity index (χ3v) is 3.38. The average Bonchev–Trinajstić information content (AvgIpc) is 2.68. The first-order chi connectivity index (χ1) is 9.44. The summed E-state index contributed by atoms with van der Waals surface area (Å²) in [6.07, 6.45) is -0.529. The number of hydrogen-bond acceptors (Lipinski definition) is 4. The minimum atomic E-state index is -4.26. The summed E-state index contributed by atoms with van der Waals surface area (Å²) in [7, 11) is -4.26. The Balaban J connectivity index is 1.96. The minimum Gasteiger partial charge on any atom is -0.389 e. The molecule has 1 atom stereocenters. The van der Waals surface area contributed by atoms with Crippen molar-refractivity contribution in [2.75, 3.05) is 6.16 Å². The molecule has 8 nitrogen and oxygen atoms in total. The van der Waals surface area contributed by atoms with E-state index in [9.17, 15) is 9.36 Å². The van der Waals surface area contributed by atoms with Gasteiger partial charge in [0.2, 0.25) is 0 Å². The maximum atomic E-state index is 11.2. The molecular formula is C11H14N3O5P. The van der Waals surface area contributed by atoms with E-state index in [0.29, 0.717) is 0 Å². The zero-order valence-electron chi connectivity index (χ0n) is 10.4. The van der Waals surface area contributed by atoms with Crippen LogP contribution in [-0.4, -0.2) is 33.9 Å². The topological polar surface area (TPSA) is 120 Å². The summed E-state index contributed by atoms with van der Waals surface area (Å²) < 4.78 is 11.0. The normalized spacial score (nSPS) is 20.6. The van der Waals surface area contributed by atoms with E-state index < -0.39 is 25.8 Å². The van der Waals surface area contributed by atoms with Gasteiger partial charge < -0.3 is 19.9 Å². The van der Waals surface area contributed by atoms with Crippen LogP contribution >= 0.6 is 7.60 Å². The minimum absolute atomic E-state index is 0.0641. The molecule has 1 saturated heterocycles. The largest absolute Gasteiger partial charge is 0.389 e. The van der Waals surface area contributed by atoms with Crippen LogP contribution in [0.2, 0.25) is 0 Å². The van der Waals surface area contributed by atoms with Crippen molar-refractivity contribution in [1.82, 2.24) is 10.6 Å². The Morgan fingerprint density at radius 3 is 2.65 bits per heavy atom. The fraction of sp³-hybridized carbons (Fsp3) is 0.273. The molecule has 0 bridgehead atoms. The van der Waals surface area contributed by atoms with Gasteiger partial charge in [-0.05, 0) is 5.56 Å². The van der Waals surface area contributed by atoms with Gasteiger partial charge in [-0.15, -0.1) is 0 Å². The highest BCUT2D eigenvalue weighted by molar-refractivity contribution is 7.51. The highest BCUT2D eigenvalue weighted by Gasteiger charge is 2.33. The maximum Gasteiger partial charge on any atom is 0.328 e. The summed E-state index contributed by atoms with van der Waals surface area (Å²) in [6, 6.07) is 7.82. The summed E-state index contributed by atoms with van der Waals surface area (Å²) in [5.74, 6) is 0.0641. The Morgan fingerprint density at radius 1 is 1.30 bits per heavy atom. The number of hydrogen-bond donors (Lipinski definition) is 4. The second-order valence-electron chi connectivity index (χ2n) is 4.23. The molecule has 0 aromatic heterocycles. The molecular weight excluding hydrogens is 285 g/mol. The van der Waals surface area contributed by atoms with Crippen LogP contribution in [0, 0.1) is 0 Å². The van der Waals surface area contributed by atoms with E-state index in [-0.39, 0.29) is 12.4 Å². The zero-order chi connectivity index (χ0) is 14.6. The van der Waals surface area contributed by atoms with Gasteiger partial charge in [0.15, 0.2) is 5.84 Å². The number of oxime groups is 1. The van der Waals surface area contributed by atoms with Crippen LogP contribution in [0.1, 0.15) is 5.56 Å². The Labute approximate surface area is 115 Å². The van der Waals surface area contributed by atoms with Gasteiger partial charge in [-0.3, -0.25) is 9.88 Å². The molecule has 0 saturated carbocycles. The van der Waals surface area contributed by atoms with Crippen LogP contribution in [-0.2, 0) is 16.0 Å².